The number of anilines is 1. The van der Waals surface area contributed by atoms with Crippen molar-refractivity contribution < 1.29 is 22.7 Å². The molecule has 9 heteroatoms. The third kappa shape index (κ3) is 3.80. The van der Waals surface area contributed by atoms with Crippen LogP contribution in [-0.2, 0) is 10.0 Å². The summed E-state index contributed by atoms with van der Waals surface area (Å²) in [5.74, 6) is 0.386. The Labute approximate surface area is 163 Å². The van der Waals surface area contributed by atoms with Gasteiger partial charge in [0.15, 0.2) is 11.5 Å². The van der Waals surface area contributed by atoms with Crippen LogP contribution in [0.1, 0.15) is 28.1 Å². The maximum absolute atomic E-state index is 12.7. The first-order valence-corrected chi connectivity index (χ1v) is 10.8. The number of hydrogen-bond donors (Lipinski definition) is 1. The van der Waals surface area contributed by atoms with Crippen LogP contribution in [0.15, 0.2) is 28.5 Å². The van der Waals surface area contributed by atoms with Gasteiger partial charge in [0.1, 0.15) is 4.21 Å². The third-order valence-corrected chi connectivity index (χ3v) is 7.85. The van der Waals surface area contributed by atoms with E-state index in [4.69, 9.17) is 9.47 Å². The number of benzene rings is 1. The molecule has 0 aliphatic carbocycles. The molecule has 2 aromatic rings. The number of rotatable bonds is 6. The van der Waals surface area contributed by atoms with Gasteiger partial charge in [0.25, 0.3) is 15.9 Å². The maximum atomic E-state index is 12.7. The number of hydrogen-bond acceptors (Lipinski definition) is 6. The van der Waals surface area contributed by atoms with Gasteiger partial charge in [-0.25, -0.2) is 8.42 Å². The first-order chi connectivity index (χ1) is 12.9. The van der Waals surface area contributed by atoms with Crippen LogP contribution in [0, 0.1) is 6.92 Å². The zero-order valence-corrected chi connectivity index (χ0v) is 17.1. The van der Waals surface area contributed by atoms with Crippen molar-refractivity contribution in [2.75, 3.05) is 32.6 Å². The SMILES string of the molecule is COc1cccc(C(=O)Nc2cc(S(=O)(=O)N3CCCC3)sc2C)c1OC. The smallest absolute Gasteiger partial charge is 0.259 e. The molecule has 0 spiro atoms. The molecular weight excluding hydrogens is 388 g/mol. The van der Waals surface area contributed by atoms with Crippen molar-refractivity contribution in [1.82, 2.24) is 4.31 Å². The van der Waals surface area contributed by atoms with Crippen molar-refractivity contribution in [3.05, 3.63) is 34.7 Å². The number of methoxy groups -OCH3 is 2. The van der Waals surface area contributed by atoms with Gasteiger partial charge in [0.2, 0.25) is 0 Å². The van der Waals surface area contributed by atoms with E-state index in [1.807, 2.05) is 0 Å². The Kier molecular flexibility index (Phi) is 5.73. The highest BCUT2D eigenvalue weighted by Crippen LogP contribution is 2.35. The van der Waals surface area contributed by atoms with Crippen LogP contribution in [0.3, 0.4) is 0 Å². The van der Waals surface area contributed by atoms with Crippen molar-refractivity contribution >= 4 is 33.0 Å². The predicted octanol–water partition coefficient (Wildman–Crippen LogP) is 3.11. The Morgan fingerprint density at radius 3 is 2.52 bits per heavy atom. The number of sulfonamides is 1. The average Bonchev–Trinajstić information content (AvgIpc) is 3.32. The van der Waals surface area contributed by atoms with Crippen LogP contribution in [0.25, 0.3) is 0 Å². The quantitative estimate of drug-likeness (QED) is 0.791. The van der Waals surface area contributed by atoms with E-state index in [9.17, 15) is 13.2 Å². The largest absolute Gasteiger partial charge is 0.493 e. The normalized spacial score (nSPS) is 14.9. The van der Waals surface area contributed by atoms with Crippen LogP contribution in [-0.4, -0.2) is 45.9 Å². The van der Waals surface area contributed by atoms with Gasteiger partial charge in [-0.05, 0) is 38.0 Å². The van der Waals surface area contributed by atoms with Crippen molar-refractivity contribution in [2.45, 2.75) is 24.0 Å². The molecular formula is C18H22N2O5S2. The number of thiophene rings is 1. The van der Waals surface area contributed by atoms with E-state index >= 15 is 0 Å². The van der Waals surface area contributed by atoms with Gasteiger partial charge in [-0.2, -0.15) is 4.31 Å². The van der Waals surface area contributed by atoms with E-state index < -0.39 is 15.9 Å². The van der Waals surface area contributed by atoms with Gasteiger partial charge in [-0.1, -0.05) is 6.07 Å². The number of nitrogens with one attached hydrogen (secondary N) is 1. The molecule has 1 aromatic heterocycles. The van der Waals surface area contributed by atoms with Crippen molar-refractivity contribution in [3.8, 4) is 11.5 Å². The van der Waals surface area contributed by atoms with Crippen LogP contribution in [0.4, 0.5) is 5.69 Å². The average molecular weight is 411 g/mol. The number of carbonyl (C=O) groups excluding carboxylic acids is 1. The Hall–Kier alpha value is -2.10. The van der Waals surface area contributed by atoms with E-state index in [1.54, 1.807) is 25.1 Å². The monoisotopic (exact) mass is 410 g/mol. The lowest BCUT2D eigenvalue weighted by Gasteiger charge is -2.13. The van der Waals surface area contributed by atoms with Crippen LogP contribution in [0.5, 0.6) is 11.5 Å². The Morgan fingerprint density at radius 2 is 1.89 bits per heavy atom. The number of nitrogens with zero attached hydrogens (tertiary/aromatic N) is 1. The molecule has 0 bridgehead atoms. The molecule has 146 valence electrons. The molecule has 1 saturated heterocycles. The molecule has 0 atom stereocenters. The minimum Gasteiger partial charge on any atom is -0.493 e. The van der Waals surface area contributed by atoms with Crippen LogP contribution >= 0.6 is 11.3 Å². The van der Waals surface area contributed by atoms with Gasteiger partial charge in [0, 0.05) is 18.0 Å². The highest BCUT2D eigenvalue weighted by molar-refractivity contribution is 7.91. The second-order valence-electron chi connectivity index (χ2n) is 6.14. The molecule has 1 aliphatic heterocycles. The van der Waals surface area contributed by atoms with Crippen LogP contribution < -0.4 is 14.8 Å². The Balaban J connectivity index is 1.87. The molecule has 0 radical (unpaired) electrons. The summed E-state index contributed by atoms with van der Waals surface area (Å²) in [5.41, 5.74) is 0.791. The van der Waals surface area contributed by atoms with Crippen molar-refractivity contribution in [1.29, 1.82) is 0 Å². The van der Waals surface area contributed by atoms with Crippen molar-refractivity contribution in [2.24, 2.45) is 0 Å². The number of ether oxygens (including phenoxy) is 2. The van der Waals surface area contributed by atoms with Gasteiger partial charge in [0.05, 0.1) is 25.5 Å². The van der Waals surface area contributed by atoms with E-state index in [-0.39, 0.29) is 4.21 Å². The Morgan fingerprint density at radius 1 is 1.19 bits per heavy atom. The summed E-state index contributed by atoms with van der Waals surface area (Å²) < 4.78 is 37.7. The number of para-hydroxylation sites is 1. The first-order valence-electron chi connectivity index (χ1n) is 8.51. The minimum atomic E-state index is -3.51. The van der Waals surface area contributed by atoms with E-state index in [0.29, 0.717) is 35.8 Å². The first kappa shape index (κ1) is 19.7. The molecule has 1 fully saturated rings. The number of carbonyl (C=O) groups is 1. The molecule has 3 rings (SSSR count). The summed E-state index contributed by atoms with van der Waals surface area (Å²) in [6, 6.07) is 6.55. The molecule has 1 amide bonds. The minimum absolute atomic E-state index is 0.245. The van der Waals surface area contributed by atoms with Gasteiger partial charge in [-0.3, -0.25) is 4.79 Å². The molecule has 1 aromatic carbocycles. The lowest BCUT2D eigenvalue weighted by Crippen LogP contribution is -2.27. The molecule has 0 unspecified atom stereocenters. The lowest BCUT2D eigenvalue weighted by molar-refractivity contribution is 0.102. The summed E-state index contributed by atoms with van der Waals surface area (Å²) in [6.07, 6.45) is 1.76. The molecule has 1 aliphatic rings. The number of amides is 1. The fraction of sp³-hybridized carbons (Fsp3) is 0.389. The molecule has 0 saturated carbocycles. The third-order valence-electron chi connectivity index (χ3n) is 4.45. The zero-order valence-electron chi connectivity index (χ0n) is 15.4. The molecule has 2 heterocycles. The van der Waals surface area contributed by atoms with Gasteiger partial charge < -0.3 is 14.8 Å². The zero-order chi connectivity index (χ0) is 19.6. The topological polar surface area (TPSA) is 84.9 Å². The maximum Gasteiger partial charge on any atom is 0.259 e. The van der Waals surface area contributed by atoms with Crippen molar-refractivity contribution in [3.63, 3.8) is 0 Å². The highest BCUT2D eigenvalue weighted by atomic mass is 32.2. The van der Waals surface area contributed by atoms with Gasteiger partial charge >= 0.3 is 0 Å². The summed E-state index contributed by atoms with van der Waals surface area (Å²) in [6.45, 7) is 2.87. The molecule has 7 nitrogen and oxygen atoms in total. The summed E-state index contributed by atoms with van der Waals surface area (Å²) in [4.78, 5) is 13.5. The highest BCUT2D eigenvalue weighted by Gasteiger charge is 2.29. The van der Waals surface area contributed by atoms with Crippen LogP contribution in [0.2, 0.25) is 0 Å². The predicted molar refractivity (Wildman–Crippen MR) is 105 cm³/mol. The van der Waals surface area contributed by atoms with Gasteiger partial charge in [-0.15, -0.1) is 11.3 Å². The summed E-state index contributed by atoms with van der Waals surface area (Å²) >= 11 is 1.16. The Bertz CT molecular complexity index is 947. The van der Waals surface area contributed by atoms with E-state index in [2.05, 4.69) is 5.32 Å². The van der Waals surface area contributed by atoms with E-state index in [1.165, 1.54) is 24.6 Å². The second-order valence-corrected chi connectivity index (χ2v) is 9.56. The standard InChI is InChI=1S/C18H22N2O5S2/c1-12-14(11-16(26-12)27(22,23)20-9-4-5-10-20)19-18(21)13-7-6-8-15(24-2)17(13)25-3/h6-8,11H,4-5,9-10H2,1-3H3,(H,19,21). The molecule has 1 N–H and O–H groups in total. The molecule has 27 heavy (non-hydrogen) atoms. The fourth-order valence-electron chi connectivity index (χ4n) is 3.02. The fourth-order valence-corrected chi connectivity index (χ4v) is 6.09. The van der Waals surface area contributed by atoms with E-state index in [0.717, 1.165) is 29.1 Å². The summed E-state index contributed by atoms with van der Waals surface area (Å²) in [5, 5.41) is 2.79. The summed E-state index contributed by atoms with van der Waals surface area (Å²) in [7, 11) is -0.547. The number of aryl methyl sites for hydroxylation is 1. The lowest BCUT2D eigenvalue weighted by atomic mass is 10.1. The second kappa shape index (κ2) is 7.87.